The molecule has 1 nitrogen and oxygen atoms in total. The van der Waals surface area contributed by atoms with Gasteiger partial charge in [-0.2, -0.15) is 0 Å². The highest BCUT2D eigenvalue weighted by atomic mass is 16.1. The molecule has 1 heteroatoms. The average molecular weight is 248 g/mol. The first-order valence-corrected chi connectivity index (χ1v) is 6.26. The van der Waals surface area contributed by atoms with Crippen molar-refractivity contribution in [3.63, 3.8) is 0 Å². The maximum atomic E-state index is 11.8. The van der Waals surface area contributed by atoms with Crippen molar-refractivity contribution in [1.82, 2.24) is 0 Å². The van der Waals surface area contributed by atoms with Gasteiger partial charge in [-0.05, 0) is 18.6 Å². The van der Waals surface area contributed by atoms with Gasteiger partial charge in [-0.25, -0.2) is 0 Å². The maximum Gasteiger partial charge on any atom is 0.185 e. The Balaban J connectivity index is 1.97. The summed E-state index contributed by atoms with van der Waals surface area (Å²) in [5.74, 6) is 0.0224. The number of rotatable bonds is 4. The monoisotopic (exact) mass is 248 g/mol. The molecule has 19 heavy (non-hydrogen) atoms. The number of ketones is 1. The summed E-state index contributed by atoms with van der Waals surface area (Å²) in [4.78, 5) is 11.8. The lowest BCUT2D eigenvalue weighted by molar-refractivity contribution is 0.104. The molecule has 2 aromatic carbocycles. The Morgan fingerprint density at radius 2 is 1.58 bits per heavy atom. The van der Waals surface area contributed by atoms with Gasteiger partial charge in [-0.15, -0.1) is 0 Å². The van der Waals surface area contributed by atoms with Gasteiger partial charge >= 0.3 is 0 Å². The highest BCUT2D eigenvalue weighted by molar-refractivity contribution is 6.04. The zero-order valence-electron chi connectivity index (χ0n) is 10.9. The Kier molecular flexibility index (Phi) is 4.46. The highest BCUT2D eigenvalue weighted by Crippen LogP contribution is 2.05. The van der Waals surface area contributed by atoms with Gasteiger partial charge in [0.05, 0.1) is 0 Å². The SMILES string of the molecule is Cc1ccc(C=CC=CC(=O)c2ccccc2)cc1. The van der Waals surface area contributed by atoms with Crippen molar-refractivity contribution in [2.24, 2.45) is 0 Å². The summed E-state index contributed by atoms with van der Waals surface area (Å²) in [6.07, 6.45) is 7.22. The fourth-order valence-electron chi connectivity index (χ4n) is 1.69. The number of carbonyl (C=O) groups excluding carboxylic acids is 1. The van der Waals surface area contributed by atoms with Crippen molar-refractivity contribution in [3.05, 3.63) is 89.5 Å². The van der Waals surface area contributed by atoms with Crippen LogP contribution in [0.4, 0.5) is 0 Å². The van der Waals surface area contributed by atoms with E-state index in [1.807, 2.05) is 42.5 Å². The summed E-state index contributed by atoms with van der Waals surface area (Å²) in [5.41, 5.74) is 3.08. The molecule has 0 aliphatic heterocycles. The van der Waals surface area contributed by atoms with Crippen LogP contribution in [0.5, 0.6) is 0 Å². The second kappa shape index (κ2) is 6.50. The summed E-state index contributed by atoms with van der Waals surface area (Å²) >= 11 is 0. The molecule has 0 heterocycles. The second-order valence-corrected chi connectivity index (χ2v) is 4.36. The van der Waals surface area contributed by atoms with E-state index in [1.54, 1.807) is 12.2 Å². The maximum absolute atomic E-state index is 11.8. The molecule has 2 rings (SSSR count). The molecule has 0 unspecified atom stereocenters. The van der Waals surface area contributed by atoms with E-state index in [1.165, 1.54) is 5.56 Å². The normalized spacial score (nSPS) is 11.2. The molecular formula is C18H16O. The van der Waals surface area contributed by atoms with Crippen LogP contribution in [-0.4, -0.2) is 5.78 Å². The quantitative estimate of drug-likeness (QED) is 0.444. The van der Waals surface area contributed by atoms with E-state index in [9.17, 15) is 4.79 Å². The molecule has 0 aliphatic carbocycles. The minimum atomic E-state index is 0.0224. The molecule has 0 spiro atoms. The van der Waals surface area contributed by atoms with Gasteiger partial charge in [0, 0.05) is 5.56 Å². The van der Waals surface area contributed by atoms with Crippen molar-refractivity contribution in [3.8, 4) is 0 Å². The first-order valence-electron chi connectivity index (χ1n) is 6.26. The predicted molar refractivity (Wildman–Crippen MR) is 80.1 cm³/mol. The van der Waals surface area contributed by atoms with Crippen molar-refractivity contribution < 1.29 is 4.79 Å². The van der Waals surface area contributed by atoms with Crippen LogP contribution in [0.2, 0.25) is 0 Å². The van der Waals surface area contributed by atoms with E-state index in [0.717, 1.165) is 5.56 Å². The molecule has 2 aromatic rings. The molecule has 0 aromatic heterocycles. The fraction of sp³-hybridized carbons (Fsp3) is 0.0556. The fourth-order valence-corrected chi connectivity index (χ4v) is 1.69. The minimum absolute atomic E-state index is 0.0224. The lowest BCUT2D eigenvalue weighted by Crippen LogP contribution is -1.92. The number of benzene rings is 2. The van der Waals surface area contributed by atoms with E-state index >= 15 is 0 Å². The zero-order valence-corrected chi connectivity index (χ0v) is 10.9. The second-order valence-electron chi connectivity index (χ2n) is 4.36. The molecule has 0 bridgehead atoms. The van der Waals surface area contributed by atoms with Gasteiger partial charge < -0.3 is 0 Å². The summed E-state index contributed by atoms with van der Waals surface area (Å²) in [7, 11) is 0. The van der Waals surface area contributed by atoms with Crippen LogP contribution in [0, 0.1) is 6.92 Å². The number of aryl methyl sites for hydroxylation is 1. The van der Waals surface area contributed by atoms with Crippen molar-refractivity contribution in [1.29, 1.82) is 0 Å². The summed E-state index contributed by atoms with van der Waals surface area (Å²) in [6.45, 7) is 2.06. The largest absolute Gasteiger partial charge is 0.289 e. The zero-order chi connectivity index (χ0) is 13.5. The summed E-state index contributed by atoms with van der Waals surface area (Å²) in [5, 5.41) is 0. The van der Waals surface area contributed by atoms with E-state index in [4.69, 9.17) is 0 Å². The van der Waals surface area contributed by atoms with Crippen molar-refractivity contribution >= 4 is 11.9 Å². The number of hydrogen-bond donors (Lipinski definition) is 0. The number of hydrogen-bond acceptors (Lipinski definition) is 1. The Morgan fingerprint density at radius 3 is 2.26 bits per heavy atom. The molecule has 0 atom stereocenters. The van der Waals surface area contributed by atoms with Gasteiger partial charge in [-0.1, -0.05) is 78.4 Å². The molecule has 0 saturated carbocycles. The molecule has 0 fully saturated rings. The van der Waals surface area contributed by atoms with E-state index in [-0.39, 0.29) is 5.78 Å². The highest BCUT2D eigenvalue weighted by Gasteiger charge is 1.97. The van der Waals surface area contributed by atoms with Gasteiger partial charge in [-0.3, -0.25) is 4.79 Å². The lowest BCUT2D eigenvalue weighted by atomic mass is 10.1. The van der Waals surface area contributed by atoms with Gasteiger partial charge in [0.1, 0.15) is 0 Å². The van der Waals surface area contributed by atoms with Crippen LogP contribution in [0.1, 0.15) is 21.5 Å². The first kappa shape index (κ1) is 13.0. The number of allylic oxidation sites excluding steroid dienone is 3. The van der Waals surface area contributed by atoms with E-state index < -0.39 is 0 Å². The molecule has 94 valence electrons. The predicted octanol–water partition coefficient (Wildman–Crippen LogP) is 4.45. The Bertz CT molecular complexity index is 589. The third-order valence-electron chi connectivity index (χ3n) is 2.78. The van der Waals surface area contributed by atoms with Crippen LogP contribution in [0.25, 0.3) is 6.08 Å². The van der Waals surface area contributed by atoms with Crippen molar-refractivity contribution in [2.75, 3.05) is 0 Å². The van der Waals surface area contributed by atoms with E-state index in [2.05, 4.69) is 31.2 Å². The molecule has 0 saturated heterocycles. The van der Waals surface area contributed by atoms with Crippen LogP contribution in [0.15, 0.2) is 72.8 Å². The Labute approximate surface area is 113 Å². The van der Waals surface area contributed by atoms with Gasteiger partial charge in [0.2, 0.25) is 0 Å². The molecule has 0 N–H and O–H groups in total. The van der Waals surface area contributed by atoms with Gasteiger partial charge in [0.15, 0.2) is 5.78 Å². The van der Waals surface area contributed by atoms with Crippen LogP contribution >= 0.6 is 0 Å². The van der Waals surface area contributed by atoms with Crippen LogP contribution in [-0.2, 0) is 0 Å². The first-order chi connectivity index (χ1) is 9.25. The standard InChI is InChI=1S/C18H16O/c1-15-11-13-16(14-12-15)7-5-6-10-18(19)17-8-3-2-4-9-17/h2-14H,1H3. The number of carbonyl (C=O) groups is 1. The Hall–Kier alpha value is -2.41. The Morgan fingerprint density at radius 1 is 0.895 bits per heavy atom. The lowest BCUT2D eigenvalue weighted by Gasteiger charge is -1.94. The molecule has 0 radical (unpaired) electrons. The topological polar surface area (TPSA) is 17.1 Å². The molecule has 0 amide bonds. The molecular weight excluding hydrogens is 232 g/mol. The van der Waals surface area contributed by atoms with E-state index in [0.29, 0.717) is 5.56 Å². The third-order valence-corrected chi connectivity index (χ3v) is 2.78. The van der Waals surface area contributed by atoms with Gasteiger partial charge in [0.25, 0.3) is 0 Å². The summed E-state index contributed by atoms with van der Waals surface area (Å²) in [6, 6.07) is 17.5. The minimum Gasteiger partial charge on any atom is -0.289 e. The van der Waals surface area contributed by atoms with Crippen LogP contribution < -0.4 is 0 Å². The summed E-state index contributed by atoms with van der Waals surface area (Å²) < 4.78 is 0. The van der Waals surface area contributed by atoms with Crippen LogP contribution in [0.3, 0.4) is 0 Å². The average Bonchev–Trinajstić information content (AvgIpc) is 2.46. The van der Waals surface area contributed by atoms with Crippen molar-refractivity contribution in [2.45, 2.75) is 6.92 Å². The third kappa shape index (κ3) is 4.07. The molecule has 0 aliphatic rings. The smallest absolute Gasteiger partial charge is 0.185 e.